The molecular weight excluding hydrogens is 370 g/mol. The molecule has 1 heterocycles. The first kappa shape index (κ1) is 20.5. The number of rotatable bonds is 10. The average Bonchev–Trinajstić information content (AvgIpc) is 3.28. The zero-order valence-corrected chi connectivity index (χ0v) is 16.7. The molecule has 29 heavy (non-hydrogen) atoms. The van der Waals surface area contributed by atoms with Crippen LogP contribution in [0.1, 0.15) is 21.7 Å². The highest BCUT2D eigenvalue weighted by atomic mass is 16.5. The van der Waals surface area contributed by atoms with Gasteiger partial charge in [0.25, 0.3) is 5.91 Å². The van der Waals surface area contributed by atoms with E-state index >= 15 is 0 Å². The van der Waals surface area contributed by atoms with Gasteiger partial charge in [0.05, 0.1) is 26.5 Å². The summed E-state index contributed by atoms with van der Waals surface area (Å²) in [5.41, 5.74) is 1.57. The third-order valence-corrected chi connectivity index (χ3v) is 4.43. The summed E-state index contributed by atoms with van der Waals surface area (Å²) in [6.07, 6.45) is 1.59. The number of amides is 1. The summed E-state index contributed by atoms with van der Waals surface area (Å²) in [4.78, 5) is 14.8. The summed E-state index contributed by atoms with van der Waals surface area (Å²) in [5, 5.41) is 0. The molecule has 0 bridgehead atoms. The van der Waals surface area contributed by atoms with Crippen LogP contribution in [0.15, 0.2) is 71.3 Å². The second-order valence-electron chi connectivity index (χ2n) is 6.44. The Bertz CT molecular complexity index is 893. The Hall–Kier alpha value is -3.25. The largest absolute Gasteiger partial charge is 0.493 e. The minimum atomic E-state index is -0.133. The van der Waals surface area contributed by atoms with E-state index in [2.05, 4.69) is 0 Å². The van der Waals surface area contributed by atoms with E-state index < -0.39 is 0 Å². The standard InChI is InChI=1S/C23H25NO5/c1-26-14-12-24(16-20-9-6-13-28-20)23(25)19-10-11-21(22(15-19)27-2)29-17-18-7-4-3-5-8-18/h3-11,13,15H,12,14,16-17H2,1-2H3. The van der Waals surface area contributed by atoms with Crippen molar-refractivity contribution in [2.45, 2.75) is 13.2 Å². The van der Waals surface area contributed by atoms with E-state index in [1.54, 1.807) is 49.6 Å². The summed E-state index contributed by atoms with van der Waals surface area (Å²) in [6.45, 7) is 1.67. The highest BCUT2D eigenvalue weighted by molar-refractivity contribution is 5.94. The lowest BCUT2D eigenvalue weighted by molar-refractivity contribution is 0.0666. The summed E-state index contributed by atoms with van der Waals surface area (Å²) in [5.74, 6) is 1.68. The van der Waals surface area contributed by atoms with Crippen LogP contribution in [0.5, 0.6) is 11.5 Å². The number of hydrogen-bond donors (Lipinski definition) is 0. The molecule has 0 saturated carbocycles. The molecule has 0 fully saturated rings. The van der Waals surface area contributed by atoms with Crippen molar-refractivity contribution in [2.75, 3.05) is 27.4 Å². The van der Waals surface area contributed by atoms with E-state index in [-0.39, 0.29) is 5.91 Å². The molecule has 0 spiro atoms. The lowest BCUT2D eigenvalue weighted by Gasteiger charge is -2.22. The maximum atomic E-state index is 13.1. The van der Waals surface area contributed by atoms with Crippen LogP contribution in [0.3, 0.4) is 0 Å². The summed E-state index contributed by atoms with van der Waals surface area (Å²) in [6, 6.07) is 18.7. The SMILES string of the molecule is COCCN(Cc1ccco1)C(=O)c1ccc(OCc2ccccc2)c(OC)c1. The lowest BCUT2D eigenvalue weighted by atomic mass is 10.1. The van der Waals surface area contributed by atoms with Crippen molar-refractivity contribution in [2.24, 2.45) is 0 Å². The Labute approximate surface area is 170 Å². The maximum absolute atomic E-state index is 13.1. The van der Waals surface area contributed by atoms with E-state index in [0.717, 1.165) is 5.56 Å². The molecule has 0 N–H and O–H groups in total. The Kier molecular flexibility index (Phi) is 7.30. The van der Waals surface area contributed by atoms with Crippen LogP contribution in [0.2, 0.25) is 0 Å². The molecule has 0 aliphatic rings. The maximum Gasteiger partial charge on any atom is 0.254 e. The van der Waals surface area contributed by atoms with E-state index in [4.69, 9.17) is 18.6 Å². The number of ether oxygens (including phenoxy) is 3. The van der Waals surface area contributed by atoms with E-state index in [0.29, 0.717) is 49.1 Å². The molecule has 0 atom stereocenters. The van der Waals surface area contributed by atoms with Crippen LogP contribution in [-0.2, 0) is 17.9 Å². The number of methoxy groups -OCH3 is 2. The molecule has 1 aromatic heterocycles. The predicted octanol–water partition coefficient (Wildman–Crippen LogP) is 4.16. The number of hydrogen-bond acceptors (Lipinski definition) is 5. The molecular formula is C23H25NO5. The van der Waals surface area contributed by atoms with Crippen LogP contribution < -0.4 is 9.47 Å². The molecule has 3 aromatic rings. The second kappa shape index (κ2) is 10.3. The Morgan fingerprint density at radius 1 is 1.00 bits per heavy atom. The number of benzene rings is 2. The summed E-state index contributed by atoms with van der Waals surface area (Å²) >= 11 is 0. The lowest BCUT2D eigenvalue weighted by Crippen LogP contribution is -2.33. The van der Waals surface area contributed by atoms with Crippen LogP contribution in [-0.4, -0.2) is 38.2 Å². The molecule has 6 nitrogen and oxygen atoms in total. The van der Waals surface area contributed by atoms with Crippen molar-refractivity contribution in [1.29, 1.82) is 0 Å². The van der Waals surface area contributed by atoms with Gasteiger partial charge in [-0.2, -0.15) is 0 Å². The average molecular weight is 395 g/mol. The van der Waals surface area contributed by atoms with Crippen molar-refractivity contribution in [3.05, 3.63) is 83.8 Å². The van der Waals surface area contributed by atoms with Gasteiger partial charge in [0.15, 0.2) is 11.5 Å². The van der Waals surface area contributed by atoms with Crippen LogP contribution in [0.25, 0.3) is 0 Å². The summed E-state index contributed by atoms with van der Waals surface area (Å²) in [7, 11) is 3.17. The smallest absolute Gasteiger partial charge is 0.254 e. The van der Waals surface area contributed by atoms with E-state index in [1.165, 1.54) is 0 Å². The predicted molar refractivity (Wildman–Crippen MR) is 109 cm³/mol. The first-order valence-electron chi connectivity index (χ1n) is 9.36. The third-order valence-electron chi connectivity index (χ3n) is 4.43. The minimum absolute atomic E-state index is 0.133. The Morgan fingerprint density at radius 3 is 2.52 bits per heavy atom. The first-order chi connectivity index (χ1) is 14.2. The molecule has 0 aliphatic carbocycles. The van der Waals surface area contributed by atoms with Gasteiger partial charge in [0, 0.05) is 19.2 Å². The Morgan fingerprint density at radius 2 is 1.83 bits per heavy atom. The highest BCUT2D eigenvalue weighted by Crippen LogP contribution is 2.29. The van der Waals surface area contributed by atoms with Gasteiger partial charge in [-0.15, -0.1) is 0 Å². The van der Waals surface area contributed by atoms with E-state index in [9.17, 15) is 4.79 Å². The fourth-order valence-electron chi connectivity index (χ4n) is 2.88. The molecule has 0 aliphatic heterocycles. The Balaban J connectivity index is 1.74. The van der Waals surface area contributed by atoms with Crippen LogP contribution >= 0.6 is 0 Å². The molecule has 0 saturated heterocycles. The number of carbonyl (C=O) groups is 1. The molecule has 0 radical (unpaired) electrons. The van der Waals surface area contributed by atoms with Gasteiger partial charge in [-0.25, -0.2) is 0 Å². The topological polar surface area (TPSA) is 61.1 Å². The van der Waals surface area contributed by atoms with E-state index in [1.807, 2.05) is 36.4 Å². The quantitative estimate of drug-likeness (QED) is 0.516. The number of furan rings is 1. The molecule has 0 unspecified atom stereocenters. The molecule has 3 rings (SSSR count). The van der Waals surface area contributed by atoms with Crippen molar-refractivity contribution < 1.29 is 23.4 Å². The zero-order chi connectivity index (χ0) is 20.5. The fourth-order valence-corrected chi connectivity index (χ4v) is 2.88. The van der Waals surface area contributed by atoms with Crippen molar-refractivity contribution in [1.82, 2.24) is 4.90 Å². The monoisotopic (exact) mass is 395 g/mol. The minimum Gasteiger partial charge on any atom is -0.493 e. The second-order valence-corrected chi connectivity index (χ2v) is 6.44. The van der Waals surface area contributed by atoms with Gasteiger partial charge in [0.1, 0.15) is 12.4 Å². The van der Waals surface area contributed by atoms with Gasteiger partial charge in [-0.1, -0.05) is 30.3 Å². The van der Waals surface area contributed by atoms with Crippen molar-refractivity contribution in [3.8, 4) is 11.5 Å². The first-order valence-corrected chi connectivity index (χ1v) is 9.36. The summed E-state index contributed by atoms with van der Waals surface area (Å²) < 4.78 is 21.9. The normalized spacial score (nSPS) is 10.6. The molecule has 2 aromatic carbocycles. The van der Waals surface area contributed by atoms with Gasteiger partial charge < -0.3 is 23.5 Å². The molecule has 1 amide bonds. The fraction of sp³-hybridized carbons (Fsp3) is 0.261. The van der Waals surface area contributed by atoms with Gasteiger partial charge in [-0.3, -0.25) is 4.79 Å². The molecule has 6 heteroatoms. The van der Waals surface area contributed by atoms with Gasteiger partial charge in [0.2, 0.25) is 0 Å². The zero-order valence-electron chi connectivity index (χ0n) is 16.7. The van der Waals surface area contributed by atoms with Gasteiger partial charge >= 0.3 is 0 Å². The number of carbonyl (C=O) groups excluding carboxylic acids is 1. The third kappa shape index (κ3) is 5.62. The van der Waals surface area contributed by atoms with Gasteiger partial charge in [-0.05, 0) is 35.9 Å². The van der Waals surface area contributed by atoms with Crippen molar-refractivity contribution in [3.63, 3.8) is 0 Å². The van der Waals surface area contributed by atoms with Crippen LogP contribution in [0, 0.1) is 0 Å². The van der Waals surface area contributed by atoms with Crippen molar-refractivity contribution >= 4 is 5.91 Å². The highest BCUT2D eigenvalue weighted by Gasteiger charge is 2.19. The number of nitrogens with zero attached hydrogens (tertiary/aromatic N) is 1. The van der Waals surface area contributed by atoms with Crippen LogP contribution in [0.4, 0.5) is 0 Å². The molecule has 152 valence electrons.